The highest BCUT2D eigenvalue weighted by molar-refractivity contribution is 5.77. The number of benzene rings is 1. The number of hydrogen-bond acceptors (Lipinski definition) is 4. The molecule has 0 spiro atoms. The molecule has 1 saturated carbocycles. The van der Waals surface area contributed by atoms with Gasteiger partial charge in [0.2, 0.25) is 0 Å². The highest BCUT2D eigenvalue weighted by Gasteiger charge is 2.41. The van der Waals surface area contributed by atoms with Crippen molar-refractivity contribution in [2.24, 2.45) is 5.41 Å². The van der Waals surface area contributed by atoms with Gasteiger partial charge in [0.25, 0.3) is 5.91 Å². The summed E-state index contributed by atoms with van der Waals surface area (Å²) in [4.78, 5) is 11.8. The third-order valence-electron chi connectivity index (χ3n) is 3.77. The maximum absolute atomic E-state index is 11.8. The van der Waals surface area contributed by atoms with E-state index in [-0.39, 0.29) is 24.5 Å². The number of carbonyl (C=O) groups is 1. The fraction of sp³-hybridized carbons (Fsp3) is 0.562. The van der Waals surface area contributed by atoms with Gasteiger partial charge in [0.15, 0.2) is 18.1 Å². The Morgan fingerprint density at radius 1 is 1.29 bits per heavy atom. The molecule has 1 amide bonds. The largest absolute Gasteiger partial charge is 0.490 e. The summed E-state index contributed by atoms with van der Waals surface area (Å²) in [6.07, 6.45) is 2.89. The first-order valence-corrected chi connectivity index (χ1v) is 7.41. The topological polar surface area (TPSA) is 67.8 Å². The van der Waals surface area contributed by atoms with Crippen LogP contribution in [0.4, 0.5) is 0 Å². The summed E-state index contributed by atoms with van der Waals surface area (Å²) in [6, 6.07) is 7.31. The molecule has 0 heterocycles. The molecule has 0 atom stereocenters. The first kappa shape index (κ1) is 15.6. The van der Waals surface area contributed by atoms with E-state index < -0.39 is 0 Å². The van der Waals surface area contributed by atoms with Crippen LogP contribution in [-0.4, -0.2) is 37.4 Å². The average molecular weight is 293 g/mol. The van der Waals surface area contributed by atoms with E-state index in [4.69, 9.17) is 14.6 Å². The van der Waals surface area contributed by atoms with E-state index in [0.29, 0.717) is 24.7 Å². The normalized spacial score (nSPS) is 15.3. The number of para-hydroxylation sites is 2. The molecule has 116 valence electrons. The molecule has 2 rings (SSSR count). The number of hydrogen-bond donors (Lipinski definition) is 2. The summed E-state index contributed by atoms with van der Waals surface area (Å²) in [6.45, 7) is 3.21. The van der Waals surface area contributed by atoms with Crippen LogP contribution in [0, 0.1) is 5.41 Å². The summed E-state index contributed by atoms with van der Waals surface area (Å²) in [7, 11) is 0. The Morgan fingerprint density at radius 3 is 2.52 bits per heavy atom. The summed E-state index contributed by atoms with van der Waals surface area (Å²) in [5.41, 5.74) is 0.119. The summed E-state index contributed by atoms with van der Waals surface area (Å²) in [5, 5.41) is 11.9. The van der Waals surface area contributed by atoms with Gasteiger partial charge in [-0.1, -0.05) is 12.1 Å². The van der Waals surface area contributed by atoms with Gasteiger partial charge in [-0.25, -0.2) is 0 Å². The molecule has 0 unspecified atom stereocenters. The van der Waals surface area contributed by atoms with Crippen LogP contribution in [0.15, 0.2) is 24.3 Å². The standard InChI is InChI=1S/C16H23NO4/c1-2-20-13-5-3-4-6-14(13)21-11-15(19)17-12-16(7-8-16)9-10-18/h3-6,18H,2,7-12H2,1H3,(H,17,19). The van der Waals surface area contributed by atoms with Crippen molar-refractivity contribution in [3.63, 3.8) is 0 Å². The molecule has 0 saturated heterocycles. The van der Waals surface area contributed by atoms with Crippen LogP contribution in [0.25, 0.3) is 0 Å². The van der Waals surface area contributed by atoms with Gasteiger partial charge < -0.3 is 19.9 Å². The van der Waals surface area contributed by atoms with Gasteiger partial charge in [0.05, 0.1) is 6.61 Å². The molecule has 1 aliphatic carbocycles. The maximum atomic E-state index is 11.8. The van der Waals surface area contributed by atoms with Crippen molar-refractivity contribution in [1.82, 2.24) is 5.32 Å². The van der Waals surface area contributed by atoms with Crippen LogP contribution in [0.3, 0.4) is 0 Å². The van der Waals surface area contributed by atoms with Crippen LogP contribution in [0.2, 0.25) is 0 Å². The van der Waals surface area contributed by atoms with Crippen LogP contribution in [0.5, 0.6) is 11.5 Å². The molecule has 1 fully saturated rings. The first-order chi connectivity index (χ1) is 10.2. The van der Waals surface area contributed by atoms with Crippen LogP contribution < -0.4 is 14.8 Å². The molecule has 1 aliphatic rings. The fourth-order valence-electron chi connectivity index (χ4n) is 2.25. The molecule has 5 nitrogen and oxygen atoms in total. The zero-order valence-corrected chi connectivity index (χ0v) is 12.4. The van der Waals surface area contributed by atoms with Crippen LogP contribution in [0.1, 0.15) is 26.2 Å². The number of amides is 1. The van der Waals surface area contributed by atoms with Crippen molar-refractivity contribution < 1.29 is 19.4 Å². The van der Waals surface area contributed by atoms with Crippen molar-refractivity contribution >= 4 is 5.91 Å². The molecule has 0 aliphatic heterocycles. The number of aliphatic hydroxyl groups excluding tert-OH is 1. The van der Waals surface area contributed by atoms with E-state index in [0.717, 1.165) is 19.3 Å². The highest BCUT2D eigenvalue weighted by Crippen LogP contribution is 2.47. The van der Waals surface area contributed by atoms with Gasteiger partial charge >= 0.3 is 0 Å². The molecule has 0 aromatic heterocycles. The quantitative estimate of drug-likeness (QED) is 0.728. The second-order valence-corrected chi connectivity index (χ2v) is 5.42. The summed E-state index contributed by atoms with van der Waals surface area (Å²) >= 11 is 0. The van der Waals surface area contributed by atoms with Crippen LogP contribution >= 0.6 is 0 Å². The zero-order valence-electron chi connectivity index (χ0n) is 12.4. The molecule has 21 heavy (non-hydrogen) atoms. The van der Waals surface area contributed by atoms with Crippen molar-refractivity contribution in [2.75, 3.05) is 26.4 Å². The van der Waals surface area contributed by atoms with Gasteiger partial charge in [0.1, 0.15) is 0 Å². The minimum atomic E-state index is -0.148. The predicted molar refractivity (Wildman–Crippen MR) is 79.5 cm³/mol. The van der Waals surface area contributed by atoms with Gasteiger partial charge in [-0.3, -0.25) is 4.79 Å². The maximum Gasteiger partial charge on any atom is 0.257 e. The number of carbonyl (C=O) groups excluding carboxylic acids is 1. The highest BCUT2D eigenvalue weighted by atomic mass is 16.5. The van der Waals surface area contributed by atoms with Crippen molar-refractivity contribution in [3.8, 4) is 11.5 Å². The Labute approximate surface area is 125 Å². The van der Waals surface area contributed by atoms with Crippen molar-refractivity contribution in [1.29, 1.82) is 0 Å². The average Bonchev–Trinajstić information content (AvgIpc) is 3.25. The molecular weight excluding hydrogens is 270 g/mol. The number of nitrogens with one attached hydrogen (secondary N) is 1. The van der Waals surface area contributed by atoms with Gasteiger partial charge in [-0.05, 0) is 43.7 Å². The fourth-order valence-corrected chi connectivity index (χ4v) is 2.25. The molecule has 0 bridgehead atoms. The third-order valence-corrected chi connectivity index (χ3v) is 3.77. The van der Waals surface area contributed by atoms with Gasteiger partial charge in [-0.15, -0.1) is 0 Å². The van der Waals surface area contributed by atoms with Crippen molar-refractivity contribution in [3.05, 3.63) is 24.3 Å². The minimum Gasteiger partial charge on any atom is -0.490 e. The minimum absolute atomic E-state index is 0.0285. The van der Waals surface area contributed by atoms with Gasteiger partial charge in [-0.2, -0.15) is 0 Å². The Bertz CT molecular complexity index is 471. The SMILES string of the molecule is CCOc1ccccc1OCC(=O)NCC1(CCO)CC1. The zero-order chi connectivity index (χ0) is 15.1. The Balaban J connectivity index is 1.76. The molecule has 1 aromatic carbocycles. The molecular formula is C16H23NO4. The van der Waals surface area contributed by atoms with Crippen LogP contribution in [-0.2, 0) is 4.79 Å². The number of rotatable bonds is 9. The molecule has 1 aromatic rings. The third kappa shape index (κ3) is 4.63. The van der Waals surface area contributed by atoms with E-state index in [1.165, 1.54) is 0 Å². The lowest BCUT2D eigenvalue weighted by Gasteiger charge is -2.15. The van der Waals surface area contributed by atoms with E-state index in [1.54, 1.807) is 6.07 Å². The second kappa shape index (κ2) is 7.31. The van der Waals surface area contributed by atoms with E-state index in [2.05, 4.69) is 5.32 Å². The van der Waals surface area contributed by atoms with Gasteiger partial charge in [0, 0.05) is 13.2 Å². The van der Waals surface area contributed by atoms with E-state index >= 15 is 0 Å². The monoisotopic (exact) mass is 293 g/mol. The summed E-state index contributed by atoms with van der Waals surface area (Å²) in [5.74, 6) is 1.07. The lowest BCUT2D eigenvalue weighted by molar-refractivity contribution is -0.123. The summed E-state index contributed by atoms with van der Waals surface area (Å²) < 4.78 is 11.0. The lowest BCUT2D eigenvalue weighted by Crippen LogP contribution is -2.34. The first-order valence-electron chi connectivity index (χ1n) is 7.41. The van der Waals surface area contributed by atoms with E-state index in [9.17, 15) is 4.79 Å². The Kier molecular flexibility index (Phi) is 5.44. The molecule has 2 N–H and O–H groups in total. The molecule has 0 radical (unpaired) electrons. The van der Waals surface area contributed by atoms with Crippen molar-refractivity contribution in [2.45, 2.75) is 26.2 Å². The lowest BCUT2D eigenvalue weighted by atomic mass is 10.0. The predicted octanol–water partition coefficient (Wildman–Crippen LogP) is 1.74. The Morgan fingerprint density at radius 2 is 1.95 bits per heavy atom. The second-order valence-electron chi connectivity index (χ2n) is 5.42. The smallest absolute Gasteiger partial charge is 0.257 e. The van der Waals surface area contributed by atoms with E-state index in [1.807, 2.05) is 25.1 Å². The Hall–Kier alpha value is -1.75. The number of ether oxygens (including phenoxy) is 2. The molecule has 5 heteroatoms. The number of aliphatic hydroxyl groups is 1.